The molecule has 1 saturated heterocycles. The molecule has 6 rings (SSSR count). The van der Waals surface area contributed by atoms with E-state index in [2.05, 4.69) is 21.2 Å². The van der Waals surface area contributed by atoms with Crippen LogP contribution in [0.25, 0.3) is 27.5 Å². The first-order valence-corrected chi connectivity index (χ1v) is 10.2. The smallest absolute Gasteiger partial charge is 0.226 e. The summed E-state index contributed by atoms with van der Waals surface area (Å²) < 4.78 is 31.7. The second kappa shape index (κ2) is 6.25. The van der Waals surface area contributed by atoms with Crippen molar-refractivity contribution in [2.75, 3.05) is 13.1 Å². The zero-order valence-electron chi connectivity index (χ0n) is 16.7. The molecule has 154 valence electrons. The van der Waals surface area contributed by atoms with Crippen molar-refractivity contribution < 1.29 is 13.9 Å². The molecule has 0 radical (unpaired) electrons. The number of rotatable bonds is 2. The highest BCUT2D eigenvalue weighted by molar-refractivity contribution is 6.01. The second-order valence-electron chi connectivity index (χ2n) is 8.33. The molecule has 2 atom stereocenters. The molecular weight excluding hydrogens is 398 g/mol. The van der Waals surface area contributed by atoms with Gasteiger partial charge in [0.05, 0.1) is 23.0 Å². The Morgan fingerprint density at radius 3 is 2.74 bits per heavy atom. The highest BCUT2D eigenvalue weighted by Crippen LogP contribution is 2.56. The van der Waals surface area contributed by atoms with E-state index >= 15 is 4.39 Å². The first-order chi connectivity index (χ1) is 15.0. The van der Waals surface area contributed by atoms with Crippen LogP contribution in [0.2, 0.25) is 0 Å². The topological polar surface area (TPSA) is 62.5 Å². The third-order valence-electron chi connectivity index (χ3n) is 6.68. The zero-order chi connectivity index (χ0) is 21.4. The number of piperidine rings is 1. The highest BCUT2D eigenvalue weighted by Gasteiger charge is 2.55. The number of hydrogen-bond acceptors (Lipinski definition) is 4. The van der Waals surface area contributed by atoms with Crippen molar-refractivity contribution in [3.8, 4) is 29.4 Å². The summed E-state index contributed by atoms with van der Waals surface area (Å²) in [6, 6.07) is 5.58. The number of nitrogens with one attached hydrogen (secondary N) is 1. The van der Waals surface area contributed by atoms with E-state index in [0.717, 1.165) is 18.8 Å². The van der Waals surface area contributed by atoms with E-state index in [1.54, 1.807) is 13.1 Å². The van der Waals surface area contributed by atoms with Crippen LogP contribution in [-0.4, -0.2) is 32.6 Å². The van der Waals surface area contributed by atoms with Gasteiger partial charge in [-0.05, 0) is 55.4 Å². The van der Waals surface area contributed by atoms with Gasteiger partial charge in [0.1, 0.15) is 23.1 Å². The van der Waals surface area contributed by atoms with Crippen molar-refractivity contribution in [1.82, 2.24) is 19.7 Å². The van der Waals surface area contributed by atoms with Gasteiger partial charge in [0, 0.05) is 16.9 Å². The average molecular weight is 416 g/mol. The number of halogens is 2. The maximum Gasteiger partial charge on any atom is 0.226 e. The Morgan fingerprint density at radius 1 is 1.23 bits per heavy atom. The van der Waals surface area contributed by atoms with Crippen molar-refractivity contribution in [2.45, 2.75) is 12.8 Å². The van der Waals surface area contributed by atoms with Gasteiger partial charge in [-0.15, -0.1) is 6.42 Å². The van der Waals surface area contributed by atoms with Crippen LogP contribution in [0.1, 0.15) is 23.0 Å². The third-order valence-corrected chi connectivity index (χ3v) is 6.68. The predicted octanol–water partition coefficient (Wildman–Crippen LogP) is 3.76. The molecule has 4 aromatic rings. The Labute approximate surface area is 176 Å². The molecule has 0 amide bonds. The summed E-state index contributed by atoms with van der Waals surface area (Å²) >= 11 is 0. The van der Waals surface area contributed by atoms with E-state index < -0.39 is 11.8 Å². The van der Waals surface area contributed by atoms with Crippen molar-refractivity contribution in [3.63, 3.8) is 0 Å². The average Bonchev–Trinajstić information content (AvgIpc) is 3.07. The van der Waals surface area contributed by atoms with Crippen LogP contribution in [0.5, 0.6) is 5.75 Å². The standard InChI is InChI=1S/C24H18F2N4O/c1-3-14-18(25)5-4-12-6-13(31)7-15(20(12)14)22-24(26)30-11(2)29-23(19(30)10-28-22)21-16-8-27-9-17(16)21/h1,4-7,10,16-17,21,27,31H,8-9H2,2H3. The van der Waals surface area contributed by atoms with Gasteiger partial charge < -0.3 is 10.4 Å². The minimum absolute atomic E-state index is 0.00939. The fourth-order valence-corrected chi connectivity index (χ4v) is 5.23. The lowest BCUT2D eigenvalue weighted by Gasteiger charge is -2.12. The fourth-order valence-electron chi connectivity index (χ4n) is 5.23. The van der Waals surface area contributed by atoms with E-state index in [4.69, 9.17) is 6.42 Å². The lowest BCUT2D eigenvalue weighted by atomic mass is 9.96. The molecule has 1 aliphatic carbocycles. The monoisotopic (exact) mass is 416 g/mol. The molecule has 31 heavy (non-hydrogen) atoms. The lowest BCUT2D eigenvalue weighted by Crippen LogP contribution is -2.14. The van der Waals surface area contributed by atoms with E-state index in [0.29, 0.717) is 39.9 Å². The number of aromatic hydroxyl groups is 1. The van der Waals surface area contributed by atoms with Crippen molar-refractivity contribution in [1.29, 1.82) is 0 Å². The Bertz CT molecular complexity index is 1440. The molecule has 2 fully saturated rings. The van der Waals surface area contributed by atoms with Crippen LogP contribution in [-0.2, 0) is 0 Å². The van der Waals surface area contributed by atoms with Gasteiger partial charge in [0.2, 0.25) is 5.95 Å². The molecule has 1 aliphatic heterocycles. The Kier molecular flexibility index (Phi) is 3.69. The SMILES string of the molecule is C#Cc1c(F)ccc2cc(O)cc(-c3ncc4c(C5C6CNCC65)nc(C)n4c3F)c12. The van der Waals surface area contributed by atoms with Gasteiger partial charge in [0.25, 0.3) is 0 Å². The number of phenols is 1. The summed E-state index contributed by atoms with van der Waals surface area (Å²) in [5.41, 5.74) is 1.76. The number of phenolic OH excluding ortho intramolecular Hbond substituents is 1. The van der Waals surface area contributed by atoms with Gasteiger partial charge in [0.15, 0.2) is 0 Å². The number of nitrogens with zero attached hydrogens (tertiary/aromatic N) is 3. The maximum absolute atomic E-state index is 15.8. The molecule has 2 N–H and O–H groups in total. The van der Waals surface area contributed by atoms with Crippen molar-refractivity contribution >= 4 is 16.3 Å². The largest absolute Gasteiger partial charge is 0.508 e. The minimum atomic E-state index is -0.614. The van der Waals surface area contributed by atoms with Crippen LogP contribution >= 0.6 is 0 Å². The number of hydrogen-bond donors (Lipinski definition) is 2. The number of terminal acetylenes is 1. The highest BCUT2D eigenvalue weighted by atomic mass is 19.1. The molecule has 2 unspecified atom stereocenters. The molecule has 1 saturated carbocycles. The molecule has 3 heterocycles. The van der Waals surface area contributed by atoms with Crippen LogP contribution < -0.4 is 5.32 Å². The summed E-state index contributed by atoms with van der Waals surface area (Å²) in [6.07, 6.45) is 7.17. The Morgan fingerprint density at radius 2 is 2.00 bits per heavy atom. The van der Waals surface area contributed by atoms with E-state index in [-0.39, 0.29) is 22.6 Å². The van der Waals surface area contributed by atoms with Crippen LogP contribution in [0.4, 0.5) is 8.78 Å². The molecule has 7 heteroatoms. The molecule has 2 aromatic carbocycles. The molecule has 2 aromatic heterocycles. The number of imidazole rings is 1. The van der Waals surface area contributed by atoms with Crippen molar-refractivity contribution in [2.24, 2.45) is 11.8 Å². The molecule has 2 aliphatic rings. The van der Waals surface area contributed by atoms with Gasteiger partial charge in [-0.3, -0.25) is 4.40 Å². The third kappa shape index (κ3) is 2.45. The number of aryl methyl sites for hydroxylation is 1. The maximum atomic E-state index is 15.8. The summed E-state index contributed by atoms with van der Waals surface area (Å²) in [5.74, 6) is 2.99. The summed E-state index contributed by atoms with van der Waals surface area (Å²) in [4.78, 5) is 9.07. The van der Waals surface area contributed by atoms with E-state index in [1.807, 2.05) is 0 Å². The summed E-state index contributed by atoms with van der Waals surface area (Å²) in [5, 5.41) is 14.4. The minimum Gasteiger partial charge on any atom is -0.508 e. The van der Waals surface area contributed by atoms with E-state index in [9.17, 15) is 9.50 Å². The predicted molar refractivity (Wildman–Crippen MR) is 113 cm³/mol. The molecule has 0 spiro atoms. The van der Waals surface area contributed by atoms with Gasteiger partial charge >= 0.3 is 0 Å². The molecule has 0 bridgehead atoms. The lowest BCUT2D eigenvalue weighted by molar-refractivity contribution is 0.476. The first-order valence-electron chi connectivity index (χ1n) is 10.2. The number of fused-ring (bicyclic) bond motifs is 3. The normalized spacial score (nSPS) is 22.1. The molecular formula is C24H18F2N4O. The van der Waals surface area contributed by atoms with E-state index in [1.165, 1.54) is 28.7 Å². The zero-order valence-corrected chi connectivity index (χ0v) is 16.7. The van der Waals surface area contributed by atoms with Crippen molar-refractivity contribution in [3.05, 3.63) is 59.3 Å². The van der Waals surface area contributed by atoms with Gasteiger partial charge in [-0.1, -0.05) is 12.0 Å². The molecule has 5 nitrogen and oxygen atoms in total. The fraction of sp³-hybridized carbons (Fsp3) is 0.250. The van der Waals surface area contributed by atoms with Gasteiger partial charge in [-0.2, -0.15) is 4.39 Å². The second-order valence-corrected chi connectivity index (χ2v) is 8.33. The van der Waals surface area contributed by atoms with Crippen LogP contribution in [0.15, 0.2) is 30.5 Å². The number of aromatic nitrogens is 3. The summed E-state index contributed by atoms with van der Waals surface area (Å²) in [6.45, 7) is 3.67. The van der Waals surface area contributed by atoms with Crippen LogP contribution in [0.3, 0.4) is 0 Å². The number of benzene rings is 2. The Hall–Kier alpha value is -3.50. The van der Waals surface area contributed by atoms with Crippen LogP contribution in [0, 0.1) is 42.9 Å². The van der Waals surface area contributed by atoms with Gasteiger partial charge in [-0.25, -0.2) is 14.4 Å². The summed E-state index contributed by atoms with van der Waals surface area (Å²) in [7, 11) is 0. The quantitative estimate of drug-likeness (QED) is 0.489. The Balaban J connectivity index is 1.61. The first kappa shape index (κ1) is 18.3.